The molecule has 6 heteroatoms. The molecule has 0 aliphatic carbocycles. The van der Waals surface area contributed by atoms with Gasteiger partial charge in [-0.2, -0.15) is 0 Å². The standard InChI is InChI=1S/C22H36N2O4/c1-18(2)11-9-12-19(3,4)23(18)22(17(27)28,15-16(25)26)24-20(5,6)13-10-14-21(24,7)8/h9-11,13H,12,14-15H2,1-8H3,(H,25,26)(H,27,28). The van der Waals surface area contributed by atoms with E-state index in [-0.39, 0.29) is 0 Å². The topological polar surface area (TPSA) is 81.1 Å². The van der Waals surface area contributed by atoms with E-state index in [9.17, 15) is 19.8 Å². The zero-order valence-corrected chi connectivity index (χ0v) is 18.5. The van der Waals surface area contributed by atoms with Crippen LogP contribution in [0.25, 0.3) is 0 Å². The van der Waals surface area contributed by atoms with Gasteiger partial charge in [-0.05, 0) is 68.2 Å². The molecule has 0 amide bonds. The second kappa shape index (κ2) is 6.70. The Labute approximate surface area is 168 Å². The van der Waals surface area contributed by atoms with Gasteiger partial charge in [-0.25, -0.2) is 4.79 Å². The SMILES string of the molecule is CC1(C)C=CCC(C)(C)N1C(CC(=O)O)(C(=O)O)N1C(C)(C)C=CCC1(C)C. The second-order valence-electron chi connectivity index (χ2n) is 10.5. The van der Waals surface area contributed by atoms with Gasteiger partial charge in [0.05, 0.1) is 6.42 Å². The lowest BCUT2D eigenvalue weighted by Crippen LogP contribution is -2.81. The van der Waals surface area contributed by atoms with Gasteiger partial charge in [-0.1, -0.05) is 24.3 Å². The van der Waals surface area contributed by atoms with E-state index in [1.807, 2.05) is 77.3 Å². The summed E-state index contributed by atoms with van der Waals surface area (Å²) in [6.45, 7) is 15.8. The molecule has 0 fully saturated rings. The fraction of sp³-hybridized carbons (Fsp3) is 0.727. The number of nitrogens with zero attached hydrogens (tertiary/aromatic N) is 2. The zero-order valence-electron chi connectivity index (χ0n) is 18.5. The van der Waals surface area contributed by atoms with Crippen LogP contribution in [0.5, 0.6) is 0 Å². The van der Waals surface area contributed by atoms with E-state index in [0.717, 1.165) is 0 Å². The van der Waals surface area contributed by atoms with Crippen molar-refractivity contribution in [3.63, 3.8) is 0 Å². The van der Waals surface area contributed by atoms with Crippen molar-refractivity contribution in [3.05, 3.63) is 24.3 Å². The first-order chi connectivity index (χ1) is 12.5. The summed E-state index contributed by atoms with van der Waals surface area (Å²) in [6.07, 6.45) is 8.91. The molecule has 158 valence electrons. The third kappa shape index (κ3) is 3.52. The summed E-state index contributed by atoms with van der Waals surface area (Å²) in [7, 11) is 0. The molecule has 0 spiro atoms. The number of hydrogen-bond donors (Lipinski definition) is 2. The molecule has 0 saturated heterocycles. The van der Waals surface area contributed by atoms with E-state index in [2.05, 4.69) is 12.2 Å². The summed E-state index contributed by atoms with van der Waals surface area (Å²) in [5.41, 5.74) is -4.08. The summed E-state index contributed by atoms with van der Waals surface area (Å²) < 4.78 is 0. The lowest BCUT2D eigenvalue weighted by molar-refractivity contribution is -0.225. The molecule has 0 bridgehead atoms. The minimum atomic E-state index is -1.72. The van der Waals surface area contributed by atoms with Gasteiger partial charge < -0.3 is 10.2 Å². The molecular weight excluding hydrogens is 356 g/mol. The van der Waals surface area contributed by atoms with E-state index in [4.69, 9.17) is 0 Å². The Bertz CT molecular complexity index is 672. The first-order valence-corrected chi connectivity index (χ1v) is 9.92. The number of rotatable bonds is 5. The minimum Gasteiger partial charge on any atom is -0.481 e. The lowest BCUT2D eigenvalue weighted by atomic mass is 9.75. The first kappa shape index (κ1) is 22.6. The van der Waals surface area contributed by atoms with Gasteiger partial charge in [-0.3, -0.25) is 14.6 Å². The van der Waals surface area contributed by atoms with Gasteiger partial charge in [0.2, 0.25) is 0 Å². The Morgan fingerprint density at radius 3 is 1.43 bits per heavy atom. The van der Waals surface area contributed by atoms with Crippen LogP contribution in [-0.2, 0) is 9.59 Å². The number of hydrogen-bond acceptors (Lipinski definition) is 4. The van der Waals surface area contributed by atoms with Crippen molar-refractivity contribution in [2.75, 3.05) is 0 Å². The van der Waals surface area contributed by atoms with Crippen LogP contribution >= 0.6 is 0 Å². The number of carboxylic acid groups (broad SMARTS) is 2. The lowest BCUT2D eigenvalue weighted by Gasteiger charge is -2.66. The number of aliphatic carboxylic acids is 2. The van der Waals surface area contributed by atoms with E-state index >= 15 is 0 Å². The molecule has 0 saturated carbocycles. The van der Waals surface area contributed by atoms with Gasteiger partial charge in [0.25, 0.3) is 0 Å². The van der Waals surface area contributed by atoms with Crippen LogP contribution in [0.15, 0.2) is 24.3 Å². The fourth-order valence-electron chi connectivity index (χ4n) is 5.85. The summed E-state index contributed by atoms with van der Waals surface area (Å²) in [5.74, 6) is -2.24. The Kier molecular flexibility index (Phi) is 5.41. The summed E-state index contributed by atoms with van der Waals surface area (Å²) >= 11 is 0. The van der Waals surface area contributed by atoms with Crippen LogP contribution < -0.4 is 0 Å². The molecule has 28 heavy (non-hydrogen) atoms. The predicted octanol–water partition coefficient (Wildman–Crippen LogP) is 3.88. The van der Waals surface area contributed by atoms with Gasteiger partial charge in [0, 0.05) is 22.2 Å². The van der Waals surface area contributed by atoms with Gasteiger partial charge in [0.1, 0.15) is 0 Å². The highest BCUT2D eigenvalue weighted by molar-refractivity contribution is 5.85. The van der Waals surface area contributed by atoms with Crippen molar-refractivity contribution >= 4 is 11.9 Å². The number of carboxylic acids is 2. The Morgan fingerprint density at radius 1 is 0.821 bits per heavy atom. The van der Waals surface area contributed by atoms with Crippen molar-refractivity contribution in [1.29, 1.82) is 0 Å². The smallest absolute Gasteiger partial charge is 0.340 e. The molecule has 0 aromatic rings. The average Bonchev–Trinajstić information content (AvgIpc) is 2.41. The third-order valence-electron chi connectivity index (χ3n) is 6.13. The third-order valence-corrected chi connectivity index (χ3v) is 6.13. The van der Waals surface area contributed by atoms with E-state index in [1.165, 1.54) is 0 Å². The summed E-state index contributed by atoms with van der Waals surface area (Å²) in [5, 5.41) is 20.6. The molecule has 2 rings (SSSR count). The second-order valence-corrected chi connectivity index (χ2v) is 10.5. The molecule has 6 nitrogen and oxygen atoms in total. The summed E-state index contributed by atoms with van der Waals surface area (Å²) in [4.78, 5) is 29.1. The molecule has 0 aromatic heterocycles. The van der Waals surface area contributed by atoms with Crippen molar-refractivity contribution < 1.29 is 19.8 Å². The molecule has 0 unspecified atom stereocenters. The Hall–Kier alpha value is -1.66. The van der Waals surface area contributed by atoms with Crippen LogP contribution in [0.2, 0.25) is 0 Å². The number of carbonyl (C=O) groups is 2. The summed E-state index contributed by atoms with van der Waals surface area (Å²) in [6, 6.07) is 0. The van der Waals surface area contributed by atoms with Crippen LogP contribution in [0.1, 0.15) is 74.7 Å². The predicted molar refractivity (Wildman–Crippen MR) is 110 cm³/mol. The molecule has 2 N–H and O–H groups in total. The molecule has 2 aliphatic heterocycles. The van der Waals surface area contributed by atoms with Crippen molar-refractivity contribution in [2.45, 2.75) is 102 Å². The largest absolute Gasteiger partial charge is 0.481 e. The maximum absolute atomic E-state index is 13.1. The maximum atomic E-state index is 13.1. The highest BCUT2D eigenvalue weighted by atomic mass is 16.4. The Morgan fingerprint density at radius 2 is 1.18 bits per heavy atom. The first-order valence-electron chi connectivity index (χ1n) is 9.92. The molecule has 0 radical (unpaired) electrons. The highest BCUT2D eigenvalue weighted by Gasteiger charge is 2.65. The van der Waals surface area contributed by atoms with Crippen LogP contribution in [0.4, 0.5) is 0 Å². The van der Waals surface area contributed by atoms with Gasteiger partial charge in [-0.15, -0.1) is 0 Å². The Balaban J connectivity index is 2.92. The van der Waals surface area contributed by atoms with Crippen LogP contribution in [0, 0.1) is 0 Å². The monoisotopic (exact) mass is 392 g/mol. The van der Waals surface area contributed by atoms with Crippen molar-refractivity contribution in [1.82, 2.24) is 9.80 Å². The molecule has 0 atom stereocenters. The van der Waals surface area contributed by atoms with E-state index < -0.39 is 46.2 Å². The minimum absolute atomic E-state index is 0.510. The van der Waals surface area contributed by atoms with E-state index in [0.29, 0.717) is 12.8 Å². The van der Waals surface area contributed by atoms with Crippen molar-refractivity contribution in [3.8, 4) is 0 Å². The zero-order chi connectivity index (χ0) is 21.8. The van der Waals surface area contributed by atoms with E-state index in [1.54, 1.807) is 0 Å². The van der Waals surface area contributed by atoms with Crippen LogP contribution in [-0.4, -0.2) is 59.8 Å². The van der Waals surface area contributed by atoms with Crippen LogP contribution in [0.3, 0.4) is 0 Å². The highest BCUT2D eigenvalue weighted by Crippen LogP contribution is 2.50. The van der Waals surface area contributed by atoms with Gasteiger partial charge >= 0.3 is 11.9 Å². The normalized spacial score (nSPS) is 26.1. The molecule has 2 aliphatic rings. The maximum Gasteiger partial charge on any atom is 0.340 e. The average molecular weight is 393 g/mol. The van der Waals surface area contributed by atoms with Crippen molar-refractivity contribution in [2.24, 2.45) is 0 Å². The van der Waals surface area contributed by atoms with Gasteiger partial charge in [0.15, 0.2) is 5.66 Å². The molecular formula is C22H36N2O4. The quantitative estimate of drug-likeness (QED) is 0.691. The molecule has 0 aromatic carbocycles. The fourth-order valence-corrected chi connectivity index (χ4v) is 5.85. The molecule has 2 heterocycles.